The molecule has 1 aliphatic heterocycles. The number of carbonyl (C=O) groups is 1. The van der Waals surface area contributed by atoms with Crippen molar-refractivity contribution in [1.29, 1.82) is 0 Å². The van der Waals surface area contributed by atoms with Gasteiger partial charge >= 0.3 is 0 Å². The molecule has 1 amide bonds. The van der Waals surface area contributed by atoms with E-state index in [1.54, 1.807) is 13.3 Å². The van der Waals surface area contributed by atoms with Crippen LogP contribution in [0.4, 0.5) is 0 Å². The molecule has 1 atom stereocenters. The molecule has 0 unspecified atom stereocenters. The lowest BCUT2D eigenvalue weighted by Gasteiger charge is -2.26. The van der Waals surface area contributed by atoms with Gasteiger partial charge in [0.1, 0.15) is 5.76 Å². The van der Waals surface area contributed by atoms with Crippen LogP contribution in [0.2, 0.25) is 0 Å². The Labute approximate surface area is 149 Å². The summed E-state index contributed by atoms with van der Waals surface area (Å²) in [6, 6.07) is 4.19. The average molecular weight is 347 g/mol. The molecule has 3 N–H and O–H groups in total. The zero-order valence-electron chi connectivity index (χ0n) is 15.0. The number of hydrogen-bond donors (Lipinski definition) is 3. The van der Waals surface area contributed by atoms with E-state index in [4.69, 9.17) is 4.42 Å². The second kappa shape index (κ2) is 8.89. The molecule has 7 heteroatoms. The average Bonchev–Trinajstić information content (AvgIpc) is 3.10. The van der Waals surface area contributed by atoms with Crippen molar-refractivity contribution in [2.24, 2.45) is 10.9 Å². The van der Waals surface area contributed by atoms with E-state index in [9.17, 15) is 4.79 Å². The van der Waals surface area contributed by atoms with Gasteiger partial charge in [-0.2, -0.15) is 0 Å². The lowest BCUT2D eigenvalue weighted by atomic mass is 10.2. The van der Waals surface area contributed by atoms with Crippen LogP contribution < -0.4 is 16.0 Å². The molecule has 2 aliphatic rings. The maximum Gasteiger partial charge on any atom is 0.223 e. The first-order chi connectivity index (χ1) is 12.3. The number of amides is 1. The van der Waals surface area contributed by atoms with Gasteiger partial charge in [0.05, 0.1) is 12.3 Å². The van der Waals surface area contributed by atoms with E-state index < -0.39 is 0 Å². The monoisotopic (exact) mass is 347 g/mol. The van der Waals surface area contributed by atoms with E-state index in [0.29, 0.717) is 13.1 Å². The van der Waals surface area contributed by atoms with Gasteiger partial charge in [-0.3, -0.25) is 14.7 Å². The number of nitrogens with zero attached hydrogens (tertiary/aromatic N) is 2. The molecule has 1 saturated heterocycles. The molecule has 0 bridgehead atoms. The quantitative estimate of drug-likeness (QED) is 0.373. The minimum Gasteiger partial charge on any atom is -0.468 e. The predicted molar refractivity (Wildman–Crippen MR) is 97.4 cm³/mol. The molecule has 1 aliphatic carbocycles. The molecule has 138 valence electrons. The zero-order valence-corrected chi connectivity index (χ0v) is 15.0. The first-order valence-electron chi connectivity index (χ1n) is 9.27. The van der Waals surface area contributed by atoms with Crippen LogP contribution in [0.3, 0.4) is 0 Å². The largest absolute Gasteiger partial charge is 0.468 e. The molecule has 1 aromatic rings. The molecule has 0 spiro atoms. The molecule has 25 heavy (non-hydrogen) atoms. The second-order valence-electron chi connectivity index (χ2n) is 6.72. The van der Waals surface area contributed by atoms with E-state index in [1.807, 2.05) is 12.1 Å². The highest BCUT2D eigenvalue weighted by Crippen LogP contribution is 2.28. The lowest BCUT2D eigenvalue weighted by molar-refractivity contribution is -0.122. The molecular formula is C18H29N5O2. The second-order valence-corrected chi connectivity index (χ2v) is 6.72. The summed E-state index contributed by atoms with van der Waals surface area (Å²) < 4.78 is 5.64. The van der Waals surface area contributed by atoms with Crippen LogP contribution in [0.15, 0.2) is 27.8 Å². The molecule has 0 aromatic carbocycles. The van der Waals surface area contributed by atoms with E-state index >= 15 is 0 Å². The number of furan rings is 1. The van der Waals surface area contributed by atoms with Gasteiger partial charge in [0.25, 0.3) is 0 Å². The highest BCUT2D eigenvalue weighted by molar-refractivity contribution is 5.81. The van der Waals surface area contributed by atoms with E-state index in [-0.39, 0.29) is 17.9 Å². The van der Waals surface area contributed by atoms with Gasteiger partial charge in [-0.1, -0.05) is 0 Å². The number of likely N-dealkylation sites (tertiary alicyclic amines) is 1. The molecule has 2 heterocycles. The third kappa shape index (κ3) is 5.22. The first-order valence-corrected chi connectivity index (χ1v) is 9.27. The molecule has 1 saturated carbocycles. The SMILES string of the molecule is CN=C(NCCNC(=O)C1CC1)NC[C@H](c1ccco1)N1CCCC1. The molecule has 3 rings (SSSR count). The van der Waals surface area contributed by atoms with Crippen LogP contribution in [-0.2, 0) is 4.79 Å². The maximum atomic E-state index is 11.6. The Morgan fingerprint density at radius 3 is 2.68 bits per heavy atom. The van der Waals surface area contributed by atoms with Crippen molar-refractivity contribution in [3.63, 3.8) is 0 Å². The number of carbonyl (C=O) groups excluding carboxylic acids is 1. The Bertz CT molecular complexity index is 562. The van der Waals surface area contributed by atoms with Crippen molar-refractivity contribution in [3.8, 4) is 0 Å². The summed E-state index contributed by atoms with van der Waals surface area (Å²) >= 11 is 0. The fourth-order valence-corrected chi connectivity index (χ4v) is 3.21. The molecule has 2 fully saturated rings. The standard InChI is InChI=1S/C18H29N5O2/c1-19-18(21-9-8-20-17(24)14-6-7-14)22-13-15(16-5-4-12-25-16)23-10-2-3-11-23/h4-5,12,14-15H,2-3,6-11,13H2,1H3,(H,20,24)(H2,19,21,22)/t15-/m1/s1. The molecular weight excluding hydrogens is 318 g/mol. The Balaban J connectivity index is 1.42. The summed E-state index contributed by atoms with van der Waals surface area (Å²) in [6.45, 7) is 4.22. The van der Waals surface area contributed by atoms with Crippen LogP contribution in [0.5, 0.6) is 0 Å². The predicted octanol–water partition coefficient (Wildman–Crippen LogP) is 1.11. The van der Waals surface area contributed by atoms with E-state index in [0.717, 1.165) is 44.2 Å². The van der Waals surface area contributed by atoms with Crippen molar-refractivity contribution in [2.75, 3.05) is 39.8 Å². The highest BCUT2D eigenvalue weighted by atomic mass is 16.3. The number of nitrogens with one attached hydrogen (secondary N) is 3. The van der Waals surface area contributed by atoms with Crippen molar-refractivity contribution in [2.45, 2.75) is 31.7 Å². The Hall–Kier alpha value is -2.02. The fraction of sp³-hybridized carbons (Fsp3) is 0.667. The van der Waals surface area contributed by atoms with Crippen LogP contribution in [-0.4, -0.2) is 56.5 Å². The summed E-state index contributed by atoms with van der Waals surface area (Å²) in [5, 5.41) is 9.58. The smallest absolute Gasteiger partial charge is 0.223 e. The third-order valence-electron chi connectivity index (χ3n) is 4.80. The van der Waals surface area contributed by atoms with E-state index in [2.05, 4.69) is 25.8 Å². The molecule has 0 radical (unpaired) electrons. The minimum absolute atomic E-state index is 0.177. The number of aliphatic imine (C=N–C) groups is 1. The van der Waals surface area contributed by atoms with Crippen molar-refractivity contribution in [3.05, 3.63) is 24.2 Å². The normalized spacial score (nSPS) is 19.6. The zero-order chi connectivity index (χ0) is 17.5. The van der Waals surface area contributed by atoms with Crippen LogP contribution in [0.25, 0.3) is 0 Å². The Morgan fingerprint density at radius 2 is 2.04 bits per heavy atom. The number of hydrogen-bond acceptors (Lipinski definition) is 4. The highest BCUT2D eigenvalue weighted by Gasteiger charge is 2.29. The van der Waals surface area contributed by atoms with Gasteiger partial charge in [0, 0.05) is 32.6 Å². The Kier molecular flexibility index (Phi) is 6.33. The van der Waals surface area contributed by atoms with Crippen molar-refractivity contribution >= 4 is 11.9 Å². The third-order valence-corrected chi connectivity index (χ3v) is 4.80. The first kappa shape index (κ1) is 17.8. The maximum absolute atomic E-state index is 11.6. The molecule has 1 aromatic heterocycles. The lowest BCUT2D eigenvalue weighted by Crippen LogP contribution is -2.44. The Morgan fingerprint density at radius 1 is 1.28 bits per heavy atom. The van der Waals surface area contributed by atoms with Gasteiger partial charge in [-0.15, -0.1) is 0 Å². The van der Waals surface area contributed by atoms with E-state index in [1.165, 1.54) is 12.8 Å². The summed E-state index contributed by atoms with van der Waals surface area (Å²) in [6.07, 6.45) is 6.28. The van der Waals surface area contributed by atoms with Crippen LogP contribution in [0.1, 0.15) is 37.5 Å². The minimum atomic E-state index is 0.177. The summed E-state index contributed by atoms with van der Waals surface area (Å²) in [7, 11) is 1.76. The van der Waals surface area contributed by atoms with Gasteiger partial charge in [0.2, 0.25) is 5.91 Å². The topological polar surface area (TPSA) is 81.9 Å². The fourth-order valence-electron chi connectivity index (χ4n) is 3.21. The van der Waals surface area contributed by atoms with Crippen LogP contribution >= 0.6 is 0 Å². The summed E-state index contributed by atoms with van der Waals surface area (Å²) in [5.41, 5.74) is 0. The molecule has 7 nitrogen and oxygen atoms in total. The summed E-state index contributed by atoms with van der Waals surface area (Å²) in [5.74, 6) is 2.17. The van der Waals surface area contributed by atoms with Gasteiger partial charge in [-0.25, -0.2) is 0 Å². The van der Waals surface area contributed by atoms with Crippen molar-refractivity contribution < 1.29 is 9.21 Å². The van der Waals surface area contributed by atoms with Gasteiger partial charge in [0.15, 0.2) is 5.96 Å². The summed E-state index contributed by atoms with van der Waals surface area (Å²) in [4.78, 5) is 18.3. The number of rotatable bonds is 8. The van der Waals surface area contributed by atoms with Gasteiger partial charge < -0.3 is 20.4 Å². The number of guanidine groups is 1. The van der Waals surface area contributed by atoms with Crippen molar-refractivity contribution in [1.82, 2.24) is 20.9 Å². The van der Waals surface area contributed by atoms with Gasteiger partial charge in [-0.05, 0) is 50.9 Å². The van der Waals surface area contributed by atoms with Crippen LogP contribution in [0, 0.1) is 5.92 Å².